The molecule has 2 rings (SSSR count). The van der Waals surface area contributed by atoms with Crippen molar-refractivity contribution in [2.75, 3.05) is 0 Å². The number of carbonyl (C=O) groups excluding carboxylic acids is 1. The van der Waals surface area contributed by atoms with Crippen molar-refractivity contribution in [3.05, 3.63) is 46.0 Å². The fourth-order valence-corrected chi connectivity index (χ4v) is 3.52. The molecule has 1 aliphatic carbocycles. The molecule has 146 valence electrons. The van der Waals surface area contributed by atoms with Crippen LogP contribution in [0.4, 0.5) is 5.69 Å². The molecular formula is C20H25NO6. The number of hydrogen-bond acceptors (Lipinski definition) is 5. The number of carboxylic acid groups (broad SMARTS) is 1. The van der Waals surface area contributed by atoms with Crippen molar-refractivity contribution in [2.24, 2.45) is 11.8 Å². The molecule has 0 saturated heterocycles. The van der Waals surface area contributed by atoms with E-state index in [1.807, 2.05) is 6.08 Å². The monoisotopic (exact) mass is 375 g/mol. The summed E-state index contributed by atoms with van der Waals surface area (Å²) in [5, 5.41) is 29.5. The van der Waals surface area contributed by atoms with E-state index in [0.717, 1.165) is 24.8 Å². The molecule has 0 bridgehead atoms. The highest BCUT2D eigenvalue weighted by Crippen LogP contribution is 2.34. The summed E-state index contributed by atoms with van der Waals surface area (Å²) in [6.45, 7) is 0. The van der Waals surface area contributed by atoms with Crippen LogP contribution in [0, 0.1) is 22.0 Å². The minimum Gasteiger partial charge on any atom is -0.481 e. The van der Waals surface area contributed by atoms with Crippen LogP contribution in [0.2, 0.25) is 0 Å². The molecule has 0 spiro atoms. The van der Waals surface area contributed by atoms with Gasteiger partial charge in [-0.2, -0.15) is 0 Å². The number of carbonyl (C=O) groups is 2. The normalized spacial score (nSPS) is 22.4. The van der Waals surface area contributed by atoms with Gasteiger partial charge >= 0.3 is 5.97 Å². The van der Waals surface area contributed by atoms with Gasteiger partial charge in [0.25, 0.3) is 5.69 Å². The Morgan fingerprint density at radius 2 is 1.85 bits per heavy atom. The quantitative estimate of drug-likeness (QED) is 0.366. The number of non-ortho nitro benzene ring substituents is 1. The van der Waals surface area contributed by atoms with E-state index in [-0.39, 0.29) is 36.1 Å². The van der Waals surface area contributed by atoms with Gasteiger partial charge in [-0.1, -0.05) is 31.4 Å². The van der Waals surface area contributed by atoms with Gasteiger partial charge < -0.3 is 10.2 Å². The van der Waals surface area contributed by atoms with E-state index in [0.29, 0.717) is 12.8 Å². The fourth-order valence-electron chi connectivity index (χ4n) is 3.52. The molecule has 3 unspecified atom stereocenters. The Morgan fingerprint density at radius 1 is 1.19 bits per heavy atom. The lowest BCUT2D eigenvalue weighted by molar-refractivity contribution is -0.384. The second-order valence-corrected chi connectivity index (χ2v) is 6.98. The number of hydrogen-bond donors (Lipinski definition) is 2. The zero-order valence-electron chi connectivity index (χ0n) is 15.1. The Hall–Kier alpha value is -2.54. The predicted molar refractivity (Wildman–Crippen MR) is 100 cm³/mol. The Balaban J connectivity index is 1.89. The van der Waals surface area contributed by atoms with Crippen LogP contribution in [0.5, 0.6) is 0 Å². The summed E-state index contributed by atoms with van der Waals surface area (Å²) in [6, 6.07) is 6.11. The zero-order chi connectivity index (χ0) is 19.8. The third-order valence-corrected chi connectivity index (χ3v) is 5.00. The van der Waals surface area contributed by atoms with Gasteiger partial charge in [-0.3, -0.25) is 19.7 Å². The van der Waals surface area contributed by atoms with Gasteiger partial charge in [0.05, 0.1) is 11.0 Å². The van der Waals surface area contributed by atoms with E-state index in [1.54, 1.807) is 18.2 Å². The second-order valence-electron chi connectivity index (χ2n) is 6.98. The molecule has 1 fully saturated rings. The van der Waals surface area contributed by atoms with Crippen molar-refractivity contribution in [3.8, 4) is 0 Å². The van der Waals surface area contributed by atoms with Crippen molar-refractivity contribution >= 4 is 23.5 Å². The molecule has 0 radical (unpaired) electrons. The fraction of sp³-hybridized carbons (Fsp3) is 0.500. The van der Waals surface area contributed by atoms with Crippen LogP contribution in [0.15, 0.2) is 30.3 Å². The number of nitro benzene ring substituents is 1. The van der Waals surface area contributed by atoms with Crippen LogP contribution in [0.3, 0.4) is 0 Å². The number of aliphatic hydroxyl groups excluding tert-OH is 1. The largest absolute Gasteiger partial charge is 0.481 e. The van der Waals surface area contributed by atoms with E-state index in [9.17, 15) is 24.8 Å². The van der Waals surface area contributed by atoms with Crippen molar-refractivity contribution in [1.29, 1.82) is 0 Å². The number of rotatable bonds is 10. The van der Waals surface area contributed by atoms with Gasteiger partial charge in [0.2, 0.25) is 0 Å². The number of ketones is 1. The van der Waals surface area contributed by atoms with Crippen LogP contribution in [0.25, 0.3) is 6.08 Å². The molecule has 7 heteroatoms. The van der Waals surface area contributed by atoms with Gasteiger partial charge in [0.15, 0.2) is 0 Å². The van der Waals surface area contributed by atoms with Crippen LogP contribution in [-0.2, 0) is 9.59 Å². The first-order valence-electron chi connectivity index (χ1n) is 9.23. The first-order valence-corrected chi connectivity index (χ1v) is 9.23. The molecule has 0 aliphatic heterocycles. The van der Waals surface area contributed by atoms with Gasteiger partial charge in [-0.15, -0.1) is 0 Å². The maximum Gasteiger partial charge on any atom is 0.303 e. The van der Waals surface area contributed by atoms with Gasteiger partial charge in [0.1, 0.15) is 5.78 Å². The summed E-state index contributed by atoms with van der Waals surface area (Å²) in [5.74, 6) is -1.22. The topological polar surface area (TPSA) is 118 Å². The van der Waals surface area contributed by atoms with Crippen LogP contribution in [-0.4, -0.2) is 33.0 Å². The Morgan fingerprint density at radius 3 is 2.48 bits per heavy atom. The third-order valence-electron chi connectivity index (χ3n) is 5.00. The lowest BCUT2D eigenvalue weighted by atomic mass is 9.88. The summed E-state index contributed by atoms with van der Waals surface area (Å²) in [6.07, 6.45) is 7.06. The van der Waals surface area contributed by atoms with Crippen molar-refractivity contribution in [2.45, 2.75) is 51.0 Å². The molecule has 1 saturated carbocycles. The van der Waals surface area contributed by atoms with Crippen molar-refractivity contribution in [3.63, 3.8) is 0 Å². The van der Waals surface area contributed by atoms with Crippen molar-refractivity contribution < 1.29 is 24.7 Å². The number of Topliss-reactive ketones (excluding diaryl/α,β-unsaturated/α-hetero) is 1. The second kappa shape index (κ2) is 9.97. The minimum absolute atomic E-state index is 0.0176. The number of unbranched alkanes of at least 4 members (excludes halogenated alkanes) is 3. The predicted octanol–water partition coefficient (Wildman–Crippen LogP) is 3.60. The van der Waals surface area contributed by atoms with E-state index in [1.165, 1.54) is 12.1 Å². The van der Waals surface area contributed by atoms with Gasteiger partial charge in [-0.25, -0.2) is 0 Å². The van der Waals surface area contributed by atoms with Gasteiger partial charge in [0, 0.05) is 36.8 Å². The summed E-state index contributed by atoms with van der Waals surface area (Å²) in [5.41, 5.74) is 0.795. The Labute approximate surface area is 157 Å². The molecule has 7 nitrogen and oxygen atoms in total. The maximum absolute atomic E-state index is 12.2. The summed E-state index contributed by atoms with van der Waals surface area (Å²) >= 11 is 0. The molecule has 0 amide bonds. The highest BCUT2D eigenvalue weighted by atomic mass is 16.6. The van der Waals surface area contributed by atoms with E-state index < -0.39 is 17.0 Å². The number of carboxylic acids is 1. The first-order chi connectivity index (χ1) is 12.9. The van der Waals surface area contributed by atoms with Crippen LogP contribution >= 0.6 is 0 Å². The van der Waals surface area contributed by atoms with E-state index in [4.69, 9.17) is 5.11 Å². The molecule has 1 aromatic carbocycles. The minimum atomic E-state index is -0.791. The van der Waals surface area contributed by atoms with Crippen molar-refractivity contribution in [1.82, 2.24) is 0 Å². The molecule has 3 atom stereocenters. The molecule has 1 aliphatic rings. The average Bonchev–Trinajstić information content (AvgIpc) is 2.89. The highest BCUT2D eigenvalue weighted by molar-refractivity contribution is 5.84. The van der Waals surface area contributed by atoms with E-state index in [2.05, 4.69) is 0 Å². The number of aliphatic hydroxyl groups is 1. The van der Waals surface area contributed by atoms with Crippen LogP contribution < -0.4 is 0 Å². The third kappa shape index (κ3) is 6.29. The van der Waals surface area contributed by atoms with Gasteiger partial charge in [-0.05, 0) is 30.5 Å². The van der Waals surface area contributed by atoms with E-state index >= 15 is 0 Å². The lowest BCUT2D eigenvalue weighted by Crippen LogP contribution is -2.18. The number of nitro groups is 1. The summed E-state index contributed by atoms with van der Waals surface area (Å²) in [4.78, 5) is 32.9. The summed E-state index contributed by atoms with van der Waals surface area (Å²) < 4.78 is 0. The number of aliphatic carboxylic acids is 1. The standard InChI is InChI=1S/C20H25NO6/c22-18-13-19(23)17(16(18)5-3-1-2-4-6-20(24)25)12-9-14-7-10-15(11-8-14)21(26)27/h7-12,16-17,19,23H,1-6,13H2,(H,24,25)/b12-9+. The molecule has 0 heterocycles. The average molecular weight is 375 g/mol. The maximum atomic E-state index is 12.2. The first kappa shape index (κ1) is 20.8. The summed E-state index contributed by atoms with van der Waals surface area (Å²) in [7, 11) is 0. The van der Waals surface area contributed by atoms with Crippen LogP contribution in [0.1, 0.15) is 50.5 Å². The smallest absolute Gasteiger partial charge is 0.303 e. The number of benzene rings is 1. The zero-order valence-corrected chi connectivity index (χ0v) is 15.1. The lowest BCUT2D eigenvalue weighted by Gasteiger charge is -2.17. The molecule has 1 aromatic rings. The Kier molecular flexibility index (Phi) is 7.67. The molecule has 2 N–H and O–H groups in total. The molecule has 0 aromatic heterocycles. The number of nitrogens with zero attached hydrogens (tertiary/aromatic N) is 1. The molecule has 27 heavy (non-hydrogen) atoms. The SMILES string of the molecule is O=C(O)CCCCCCC1C(=O)CC(O)C1/C=C/c1ccc([N+](=O)[O-])cc1. The molecular weight excluding hydrogens is 350 g/mol. The highest BCUT2D eigenvalue weighted by Gasteiger charge is 2.39. The Bertz CT molecular complexity index is 697.